The van der Waals surface area contributed by atoms with Crippen LogP contribution in [0.2, 0.25) is 10.0 Å². The predicted octanol–water partition coefficient (Wildman–Crippen LogP) is 8.69. The molecule has 6 rings (SSSR count). The van der Waals surface area contributed by atoms with E-state index >= 15 is 0 Å². The first kappa shape index (κ1) is 30.8. The lowest BCUT2D eigenvalue weighted by Gasteiger charge is -2.40. The van der Waals surface area contributed by atoms with Gasteiger partial charge < -0.3 is 10.6 Å². The number of hydrogen-bond donors (Lipinski definition) is 2. The fourth-order valence-electron chi connectivity index (χ4n) is 5.98. The summed E-state index contributed by atoms with van der Waals surface area (Å²) in [4.78, 5) is 7.05. The number of nitriles is 1. The number of pyridine rings is 1. The van der Waals surface area contributed by atoms with Crippen molar-refractivity contribution in [1.29, 1.82) is 5.26 Å². The van der Waals surface area contributed by atoms with Crippen LogP contribution in [0.25, 0.3) is 10.9 Å². The number of aryl methyl sites for hydroxylation is 1. The molecule has 1 saturated heterocycles. The van der Waals surface area contributed by atoms with E-state index in [9.17, 15) is 5.26 Å². The Kier molecular flexibility index (Phi) is 8.69. The molecule has 0 bridgehead atoms. The first-order valence-electron chi connectivity index (χ1n) is 15.1. The molecule has 230 valence electrons. The summed E-state index contributed by atoms with van der Waals surface area (Å²) in [7, 11) is 0. The standard InChI is InChI=1S/C35H36Cl2N8/c1-22-6-5-7-26(16-22)40-32-24(19-38)20-39-34-29(32)17-27(18-30(34)37)41-33(23-8-10-25(36)11-9-23)31-21-45(43-42-31)28-12-14-44(15-13-28)35(2,3)4/h5-11,16-18,20-21,28,33,41H,12-15H2,1-4H3,(H,39,40)/t33-/m0/s1. The fourth-order valence-corrected chi connectivity index (χ4v) is 6.38. The summed E-state index contributed by atoms with van der Waals surface area (Å²) in [6.07, 6.45) is 5.64. The summed E-state index contributed by atoms with van der Waals surface area (Å²) in [5.74, 6) is 0. The molecule has 10 heteroatoms. The molecule has 1 aliphatic rings. The smallest absolute Gasteiger partial charge is 0.109 e. The Morgan fingerprint density at radius 2 is 1.76 bits per heavy atom. The Morgan fingerprint density at radius 3 is 2.44 bits per heavy atom. The maximum absolute atomic E-state index is 9.97. The second-order valence-corrected chi connectivity index (χ2v) is 13.5. The zero-order chi connectivity index (χ0) is 31.7. The summed E-state index contributed by atoms with van der Waals surface area (Å²) in [5, 5.41) is 28.2. The number of likely N-dealkylation sites (tertiary alicyclic amines) is 1. The Bertz CT molecular complexity index is 1860. The predicted molar refractivity (Wildman–Crippen MR) is 182 cm³/mol. The molecule has 3 heterocycles. The van der Waals surface area contributed by atoms with Crippen molar-refractivity contribution in [2.24, 2.45) is 0 Å². The summed E-state index contributed by atoms with van der Waals surface area (Å²) in [6.45, 7) is 10.9. The van der Waals surface area contributed by atoms with Crippen molar-refractivity contribution in [2.45, 2.75) is 58.2 Å². The molecule has 0 aliphatic carbocycles. The summed E-state index contributed by atoms with van der Waals surface area (Å²) in [6, 6.07) is 21.8. The molecule has 5 aromatic rings. The van der Waals surface area contributed by atoms with Gasteiger partial charge in [-0.25, -0.2) is 4.68 Å². The van der Waals surface area contributed by atoms with Gasteiger partial charge in [0.25, 0.3) is 0 Å². The van der Waals surface area contributed by atoms with Gasteiger partial charge in [-0.1, -0.05) is 52.7 Å². The van der Waals surface area contributed by atoms with E-state index in [1.54, 1.807) is 6.20 Å². The molecule has 1 atom stereocenters. The second kappa shape index (κ2) is 12.7. The largest absolute Gasteiger partial charge is 0.373 e. The van der Waals surface area contributed by atoms with Gasteiger partial charge >= 0.3 is 0 Å². The highest BCUT2D eigenvalue weighted by Gasteiger charge is 2.29. The molecule has 0 saturated carbocycles. The number of piperidine rings is 1. The third kappa shape index (κ3) is 6.76. The van der Waals surface area contributed by atoms with Gasteiger partial charge in [-0.3, -0.25) is 9.88 Å². The zero-order valence-electron chi connectivity index (χ0n) is 25.9. The lowest BCUT2D eigenvalue weighted by atomic mass is 9.98. The first-order valence-corrected chi connectivity index (χ1v) is 15.9. The number of nitrogens with one attached hydrogen (secondary N) is 2. The van der Waals surface area contributed by atoms with Crippen LogP contribution in [0.3, 0.4) is 0 Å². The third-order valence-electron chi connectivity index (χ3n) is 8.46. The molecule has 45 heavy (non-hydrogen) atoms. The van der Waals surface area contributed by atoms with Crippen LogP contribution in [0.15, 0.2) is 73.1 Å². The number of fused-ring (bicyclic) bond motifs is 1. The van der Waals surface area contributed by atoms with Crippen molar-refractivity contribution in [1.82, 2.24) is 24.9 Å². The van der Waals surface area contributed by atoms with Crippen LogP contribution in [-0.2, 0) is 0 Å². The van der Waals surface area contributed by atoms with E-state index in [1.807, 2.05) is 78.5 Å². The van der Waals surface area contributed by atoms with E-state index in [-0.39, 0.29) is 17.6 Å². The lowest BCUT2D eigenvalue weighted by Crippen LogP contribution is -2.46. The van der Waals surface area contributed by atoms with Crippen LogP contribution in [-0.4, -0.2) is 43.5 Å². The molecule has 3 aromatic carbocycles. The zero-order valence-corrected chi connectivity index (χ0v) is 27.4. The number of halogens is 2. The van der Waals surface area contributed by atoms with Gasteiger partial charge in [0.1, 0.15) is 11.8 Å². The van der Waals surface area contributed by atoms with E-state index in [2.05, 4.69) is 57.7 Å². The first-order chi connectivity index (χ1) is 21.6. The van der Waals surface area contributed by atoms with Gasteiger partial charge in [0.2, 0.25) is 0 Å². The van der Waals surface area contributed by atoms with E-state index < -0.39 is 0 Å². The molecule has 0 unspecified atom stereocenters. The maximum atomic E-state index is 9.97. The van der Waals surface area contributed by atoms with Crippen LogP contribution < -0.4 is 10.6 Å². The molecule has 0 radical (unpaired) electrons. The Balaban J connectivity index is 1.36. The van der Waals surface area contributed by atoms with Gasteiger partial charge in [-0.15, -0.1) is 5.10 Å². The molecule has 0 spiro atoms. The van der Waals surface area contributed by atoms with Crippen LogP contribution in [0.4, 0.5) is 17.1 Å². The molecule has 1 aliphatic heterocycles. The van der Waals surface area contributed by atoms with Crippen LogP contribution >= 0.6 is 23.2 Å². The Hall–Kier alpha value is -4.16. The second-order valence-electron chi connectivity index (χ2n) is 12.6. The van der Waals surface area contributed by atoms with Crippen molar-refractivity contribution in [2.75, 3.05) is 23.7 Å². The highest BCUT2D eigenvalue weighted by atomic mass is 35.5. The summed E-state index contributed by atoms with van der Waals surface area (Å²) in [5.41, 5.74) is 6.33. The highest BCUT2D eigenvalue weighted by Crippen LogP contribution is 2.37. The monoisotopic (exact) mass is 638 g/mol. The Morgan fingerprint density at radius 1 is 1.00 bits per heavy atom. The van der Waals surface area contributed by atoms with Crippen LogP contribution in [0.5, 0.6) is 0 Å². The fraction of sp³-hybridized carbons (Fsp3) is 0.314. The average Bonchev–Trinajstić information content (AvgIpc) is 3.51. The quantitative estimate of drug-likeness (QED) is 0.184. The van der Waals surface area contributed by atoms with Crippen molar-refractivity contribution in [3.05, 3.63) is 105 Å². The van der Waals surface area contributed by atoms with Crippen LogP contribution in [0, 0.1) is 18.3 Å². The molecular formula is C35H36Cl2N8. The van der Waals surface area contributed by atoms with Gasteiger partial charge in [0.05, 0.1) is 40.1 Å². The Labute approximate surface area is 274 Å². The van der Waals surface area contributed by atoms with Gasteiger partial charge in [-0.2, -0.15) is 5.26 Å². The molecular weight excluding hydrogens is 603 g/mol. The highest BCUT2D eigenvalue weighted by molar-refractivity contribution is 6.36. The molecule has 1 fully saturated rings. The topological polar surface area (TPSA) is 94.7 Å². The molecule has 0 amide bonds. The number of rotatable bonds is 7. The molecule has 2 N–H and O–H groups in total. The van der Waals surface area contributed by atoms with E-state index in [0.29, 0.717) is 26.8 Å². The lowest BCUT2D eigenvalue weighted by molar-refractivity contribution is 0.0866. The van der Waals surface area contributed by atoms with Gasteiger partial charge in [0, 0.05) is 46.6 Å². The number of aromatic nitrogens is 4. The minimum atomic E-state index is -0.334. The van der Waals surface area contributed by atoms with E-state index in [4.69, 9.17) is 23.2 Å². The molecule has 2 aromatic heterocycles. The average molecular weight is 640 g/mol. The van der Waals surface area contributed by atoms with Crippen molar-refractivity contribution in [3.63, 3.8) is 0 Å². The van der Waals surface area contributed by atoms with Crippen molar-refractivity contribution >= 4 is 51.2 Å². The molecule has 8 nitrogen and oxygen atoms in total. The summed E-state index contributed by atoms with van der Waals surface area (Å²) >= 11 is 13.1. The number of nitrogens with zero attached hydrogens (tertiary/aromatic N) is 6. The van der Waals surface area contributed by atoms with Crippen molar-refractivity contribution < 1.29 is 0 Å². The van der Waals surface area contributed by atoms with Crippen LogP contribution in [0.1, 0.15) is 68.1 Å². The normalized spacial score (nSPS) is 15.1. The van der Waals surface area contributed by atoms with Crippen molar-refractivity contribution in [3.8, 4) is 6.07 Å². The number of hydrogen-bond acceptors (Lipinski definition) is 7. The summed E-state index contributed by atoms with van der Waals surface area (Å²) < 4.78 is 2.01. The van der Waals surface area contributed by atoms with E-state index in [1.165, 1.54) is 0 Å². The van der Waals surface area contributed by atoms with Gasteiger partial charge in [-0.05, 0) is 88.1 Å². The minimum absolute atomic E-state index is 0.155. The minimum Gasteiger partial charge on any atom is -0.373 e. The third-order valence-corrected chi connectivity index (χ3v) is 9.00. The maximum Gasteiger partial charge on any atom is 0.109 e. The number of anilines is 3. The number of benzene rings is 3. The SMILES string of the molecule is Cc1cccc(Nc2c(C#N)cnc3c(Cl)cc(N[C@@H](c4ccc(Cl)cc4)c4cn(C5CCN(C(C)(C)C)CC5)nn4)cc23)c1. The van der Waals surface area contributed by atoms with Gasteiger partial charge in [0.15, 0.2) is 0 Å². The van der Waals surface area contributed by atoms with E-state index in [0.717, 1.165) is 59.5 Å².